The number of benzene rings is 1. The van der Waals surface area contributed by atoms with E-state index in [4.69, 9.17) is 0 Å². The topological polar surface area (TPSA) is 113 Å². The molecule has 9 heteroatoms. The summed E-state index contributed by atoms with van der Waals surface area (Å²) in [5, 5.41) is 5.66. The minimum absolute atomic E-state index is 0.0199. The molecule has 0 fully saturated rings. The first-order valence-corrected chi connectivity index (χ1v) is 9.73. The molecule has 1 aromatic carbocycles. The second kappa shape index (κ2) is 8.24. The Balaban J connectivity index is 1.93. The van der Waals surface area contributed by atoms with Crippen molar-refractivity contribution in [3.63, 3.8) is 0 Å². The van der Waals surface area contributed by atoms with Crippen molar-refractivity contribution < 1.29 is 13.2 Å². The number of nitrogens with zero attached hydrogens (tertiary/aromatic N) is 2. The summed E-state index contributed by atoms with van der Waals surface area (Å²) >= 11 is 0. The number of carbonyl (C=O) groups is 1. The third kappa shape index (κ3) is 6.77. The van der Waals surface area contributed by atoms with Gasteiger partial charge in [-0.3, -0.25) is 9.78 Å². The van der Waals surface area contributed by atoms with E-state index in [1.165, 1.54) is 0 Å². The summed E-state index contributed by atoms with van der Waals surface area (Å²) in [6.07, 6.45) is 4.70. The number of hydrogen-bond acceptors (Lipinski definition) is 6. The van der Waals surface area contributed by atoms with Crippen LogP contribution in [0.25, 0.3) is 0 Å². The van der Waals surface area contributed by atoms with Gasteiger partial charge in [0.1, 0.15) is 5.82 Å². The number of carbonyl (C=O) groups excluding carboxylic acids is 1. The highest BCUT2D eigenvalue weighted by Gasteiger charge is 2.19. The number of hydrogen-bond donors (Lipinski definition) is 3. The Morgan fingerprint density at radius 1 is 1.19 bits per heavy atom. The number of rotatable bonds is 7. The molecular weight excluding hydrogens is 354 g/mol. The van der Waals surface area contributed by atoms with Gasteiger partial charge >= 0.3 is 0 Å². The Labute approximate surface area is 153 Å². The van der Waals surface area contributed by atoms with Gasteiger partial charge in [-0.05, 0) is 39.0 Å². The Kier molecular flexibility index (Phi) is 6.27. The molecule has 0 bridgehead atoms. The summed E-state index contributed by atoms with van der Waals surface area (Å²) in [7, 11) is -3.46. The fraction of sp³-hybridized carbons (Fsp3) is 0.353. The molecule has 1 amide bonds. The minimum Gasteiger partial charge on any atom is -0.351 e. The first kappa shape index (κ1) is 19.8. The summed E-state index contributed by atoms with van der Waals surface area (Å²) in [5.41, 5.74) is 0.545. The second-order valence-electron chi connectivity index (χ2n) is 6.72. The normalized spacial score (nSPS) is 11.8. The Morgan fingerprint density at radius 3 is 2.62 bits per heavy atom. The molecule has 0 aliphatic heterocycles. The summed E-state index contributed by atoms with van der Waals surface area (Å²) in [5.74, 6) is 0.0243. The van der Waals surface area contributed by atoms with Gasteiger partial charge in [0.25, 0.3) is 5.91 Å². The lowest BCUT2D eigenvalue weighted by molar-refractivity contribution is 0.0956. The molecule has 0 radical (unpaired) electrons. The summed E-state index contributed by atoms with van der Waals surface area (Å²) < 4.78 is 26.4. The molecule has 0 atom stereocenters. The maximum Gasteiger partial charge on any atom is 0.251 e. The molecule has 0 aliphatic rings. The van der Waals surface area contributed by atoms with Gasteiger partial charge in [-0.2, -0.15) is 0 Å². The zero-order valence-corrected chi connectivity index (χ0v) is 15.8. The predicted molar refractivity (Wildman–Crippen MR) is 101 cm³/mol. The molecule has 0 aliphatic carbocycles. The van der Waals surface area contributed by atoms with Crippen LogP contribution in [0.1, 0.15) is 31.1 Å². The van der Waals surface area contributed by atoms with E-state index in [0.717, 1.165) is 0 Å². The average molecular weight is 377 g/mol. The molecule has 0 unspecified atom stereocenters. The molecule has 8 nitrogen and oxygen atoms in total. The van der Waals surface area contributed by atoms with Crippen LogP contribution in [0.2, 0.25) is 0 Å². The van der Waals surface area contributed by atoms with Crippen molar-refractivity contribution >= 4 is 27.4 Å². The van der Waals surface area contributed by atoms with Crippen molar-refractivity contribution in [3.05, 3.63) is 48.4 Å². The Hall–Kier alpha value is -2.52. The highest BCUT2D eigenvalue weighted by atomic mass is 32.2. The van der Waals surface area contributed by atoms with E-state index in [1.807, 2.05) is 0 Å². The zero-order valence-electron chi connectivity index (χ0n) is 15.0. The van der Waals surface area contributed by atoms with Crippen LogP contribution in [0, 0.1) is 0 Å². The first-order chi connectivity index (χ1) is 12.1. The SMILES string of the molecule is CC(C)(C)NS(=O)(=O)CCNC(=O)c1cccc(Nc2cnccn2)c1. The number of sulfonamides is 1. The highest BCUT2D eigenvalue weighted by Crippen LogP contribution is 2.15. The fourth-order valence-corrected chi connectivity index (χ4v) is 3.57. The zero-order chi connectivity index (χ0) is 19.2. The lowest BCUT2D eigenvalue weighted by atomic mass is 10.1. The van der Waals surface area contributed by atoms with Crippen molar-refractivity contribution in [1.82, 2.24) is 20.0 Å². The summed E-state index contributed by atoms with van der Waals surface area (Å²) in [4.78, 5) is 20.3. The Bertz CT molecular complexity index is 848. The van der Waals surface area contributed by atoms with Crippen molar-refractivity contribution in [2.45, 2.75) is 26.3 Å². The molecule has 0 saturated carbocycles. The summed E-state index contributed by atoms with van der Waals surface area (Å²) in [6.45, 7) is 5.31. The van der Waals surface area contributed by atoms with Gasteiger partial charge in [0, 0.05) is 35.7 Å². The molecule has 140 valence electrons. The average Bonchev–Trinajstić information content (AvgIpc) is 2.53. The predicted octanol–water partition coefficient (Wildman–Crippen LogP) is 1.67. The van der Waals surface area contributed by atoms with Crippen LogP contribution in [0.3, 0.4) is 0 Å². The molecule has 2 rings (SSSR count). The van der Waals surface area contributed by atoms with E-state index in [0.29, 0.717) is 17.1 Å². The van der Waals surface area contributed by atoms with Gasteiger partial charge in [0.05, 0.1) is 11.9 Å². The Morgan fingerprint density at radius 2 is 1.96 bits per heavy atom. The lowest BCUT2D eigenvalue weighted by Crippen LogP contribution is -2.43. The minimum atomic E-state index is -3.46. The smallest absolute Gasteiger partial charge is 0.251 e. The van der Waals surface area contributed by atoms with Crippen molar-refractivity contribution in [2.24, 2.45) is 0 Å². The number of aromatic nitrogens is 2. The van der Waals surface area contributed by atoms with E-state index < -0.39 is 15.6 Å². The third-order valence-corrected chi connectivity index (χ3v) is 4.74. The van der Waals surface area contributed by atoms with Crippen LogP contribution in [0.5, 0.6) is 0 Å². The molecule has 3 N–H and O–H groups in total. The van der Waals surface area contributed by atoms with E-state index in [-0.39, 0.29) is 18.2 Å². The molecule has 1 heterocycles. The number of nitrogens with one attached hydrogen (secondary N) is 3. The van der Waals surface area contributed by atoms with E-state index in [9.17, 15) is 13.2 Å². The highest BCUT2D eigenvalue weighted by molar-refractivity contribution is 7.89. The van der Waals surface area contributed by atoms with E-state index in [2.05, 4.69) is 25.3 Å². The molecule has 0 saturated heterocycles. The van der Waals surface area contributed by atoms with Crippen LogP contribution in [-0.4, -0.2) is 42.1 Å². The van der Waals surface area contributed by atoms with Crippen LogP contribution >= 0.6 is 0 Å². The molecular formula is C17H23N5O3S. The molecule has 1 aromatic heterocycles. The van der Waals surface area contributed by atoms with Crippen LogP contribution in [0.15, 0.2) is 42.9 Å². The van der Waals surface area contributed by atoms with Gasteiger partial charge < -0.3 is 10.6 Å². The molecule has 0 spiro atoms. The van der Waals surface area contributed by atoms with Crippen molar-refractivity contribution in [1.29, 1.82) is 0 Å². The largest absolute Gasteiger partial charge is 0.351 e. The van der Waals surface area contributed by atoms with E-state index in [1.54, 1.807) is 63.6 Å². The van der Waals surface area contributed by atoms with Crippen LogP contribution in [0.4, 0.5) is 11.5 Å². The van der Waals surface area contributed by atoms with Crippen LogP contribution < -0.4 is 15.4 Å². The van der Waals surface area contributed by atoms with Gasteiger partial charge in [0.15, 0.2) is 0 Å². The van der Waals surface area contributed by atoms with Crippen LogP contribution in [-0.2, 0) is 10.0 Å². The monoisotopic (exact) mass is 377 g/mol. The van der Waals surface area contributed by atoms with Crippen molar-refractivity contribution in [3.8, 4) is 0 Å². The number of anilines is 2. The quantitative estimate of drug-likeness (QED) is 0.676. The van der Waals surface area contributed by atoms with Gasteiger partial charge in [-0.15, -0.1) is 0 Å². The number of amides is 1. The first-order valence-electron chi connectivity index (χ1n) is 8.08. The van der Waals surface area contributed by atoms with Gasteiger partial charge in [0.2, 0.25) is 10.0 Å². The fourth-order valence-electron chi connectivity index (χ4n) is 2.17. The van der Waals surface area contributed by atoms with Gasteiger partial charge in [-0.25, -0.2) is 18.1 Å². The lowest BCUT2D eigenvalue weighted by Gasteiger charge is -2.20. The molecule has 2 aromatic rings. The van der Waals surface area contributed by atoms with Crippen molar-refractivity contribution in [2.75, 3.05) is 17.6 Å². The third-order valence-electron chi connectivity index (χ3n) is 3.08. The maximum absolute atomic E-state index is 12.2. The second-order valence-corrected chi connectivity index (χ2v) is 8.57. The summed E-state index contributed by atoms with van der Waals surface area (Å²) in [6, 6.07) is 6.83. The molecule has 26 heavy (non-hydrogen) atoms. The standard InChI is InChI=1S/C17H23N5O3S/c1-17(2,3)22-26(24,25)10-9-20-16(23)13-5-4-6-14(11-13)21-15-12-18-7-8-19-15/h4-8,11-12,22H,9-10H2,1-3H3,(H,19,21)(H,20,23). The van der Waals surface area contributed by atoms with E-state index >= 15 is 0 Å². The van der Waals surface area contributed by atoms with Gasteiger partial charge in [-0.1, -0.05) is 6.07 Å². The maximum atomic E-state index is 12.2.